The topological polar surface area (TPSA) is 75.3 Å². The summed E-state index contributed by atoms with van der Waals surface area (Å²) in [7, 11) is -3.43. The molecule has 0 aromatic carbocycles. The molecule has 0 unspecified atom stereocenters. The summed E-state index contributed by atoms with van der Waals surface area (Å²) in [6.07, 6.45) is 0.932. The van der Waals surface area contributed by atoms with Crippen LogP contribution < -0.4 is 10.0 Å². The molecule has 0 bridgehead atoms. The van der Waals surface area contributed by atoms with E-state index < -0.39 is 16.1 Å². The van der Waals surface area contributed by atoms with E-state index in [9.17, 15) is 13.2 Å². The molecule has 0 aromatic heterocycles. The molecule has 0 aliphatic rings. The van der Waals surface area contributed by atoms with E-state index in [4.69, 9.17) is 0 Å². The fourth-order valence-electron chi connectivity index (χ4n) is 0.501. The quantitative estimate of drug-likeness (QED) is 0.659. The standard InChI is InChI=1S/C6H14N2O3S/c1-5(2)4-7-6(9)8-12(3,10)11/h5H,4H2,1-3H3,(H2,7,8,9). The van der Waals surface area contributed by atoms with Gasteiger partial charge in [0, 0.05) is 6.54 Å². The van der Waals surface area contributed by atoms with Gasteiger partial charge in [0.1, 0.15) is 0 Å². The van der Waals surface area contributed by atoms with E-state index >= 15 is 0 Å². The largest absolute Gasteiger partial charge is 0.337 e. The Bertz CT molecular complexity index is 246. The van der Waals surface area contributed by atoms with E-state index in [0.717, 1.165) is 6.26 Å². The first-order chi connectivity index (χ1) is 5.31. The van der Waals surface area contributed by atoms with E-state index in [1.54, 1.807) is 4.72 Å². The van der Waals surface area contributed by atoms with Crippen LogP contribution in [0.4, 0.5) is 4.79 Å². The molecule has 0 saturated heterocycles. The molecular formula is C6H14N2O3S. The number of nitrogens with one attached hydrogen (secondary N) is 2. The molecule has 0 saturated carbocycles. The summed E-state index contributed by atoms with van der Waals surface area (Å²) in [5.74, 6) is 0.301. The maximum Gasteiger partial charge on any atom is 0.328 e. The number of carbonyl (C=O) groups is 1. The Kier molecular flexibility index (Phi) is 4.02. The first-order valence-electron chi connectivity index (χ1n) is 3.57. The van der Waals surface area contributed by atoms with Gasteiger partial charge in [0.2, 0.25) is 10.0 Å². The summed E-state index contributed by atoms with van der Waals surface area (Å²) < 4.78 is 22.8. The highest BCUT2D eigenvalue weighted by Crippen LogP contribution is 1.86. The molecule has 2 N–H and O–H groups in total. The summed E-state index contributed by atoms with van der Waals surface area (Å²) in [5, 5.41) is 2.41. The van der Waals surface area contributed by atoms with Crippen LogP contribution in [0.15, 0.2) is 0 Å². The van der Waals surface area contributed by atoms with Gasteiger partial charge in [0.15, 0.2) is 0 Å². The van der Waals surface area contributed by atoms with Gasteiger partial charge in [-0.1, -0.05) is 13.8 Å². The van der Waals surface area contributed by atoms with Crippen molar-refractivity contribution in [2.75, 3.05) is 12.8 Å². The minimum Gasteiger partial charge on any atom is -0.337 e. The molecule has 72 valence electrons. The van der Waals surface area contributed by atoms with Crippen molar-refractivity contribution in [3.63, 3.8) is 0 Å². The zero-order valence-electron chi connectivity index (χ0n) is 7.42. The smallest absolute Gasteiger partial charge is 0.328 e. The highest BCUT2D eigenvalue weighted by molar-refractivity contribution is 7.89. The number of sulfonamides is 1. The van der Waals surface area contributed by atoms with Crippen LogP contribution in [-0.2, 0) is 10.0 Å². The number of hydrogen-bond donors (Lipinski definition) is 2. The Balaban J connectivity index is 3.77. The fraction of sp³-hybridized carbons (Fsp3) is 0.833. The lowest BCUT2D eigenvalue weighted by Gasteiger charge is -2.07. The lowest BCUT2D eigenvalue weighted by molar-refractivity contribution is 0.244. The summed E-state index contributed by atoms with van der Waals surface area (Å²) in [6, 6.07) is -0.675. The van der Waals surface area contributed by atoms with E-state index in [1.165, 1.54) is 0 Å². The van der Waals surface area contributed by atoms with Crippen LogP contribution in [-0.4, -0.2) is 27.2 Å². The van der Waals surface area contributed by atoms with Crippen molar-refractivity contribution in [1.29, 1.82) is 0 Å². The lowest BCUT2D eigenvalue weighted by Crippen LogP contribution is -2.40. The number of hydrogen-bond acceptors (Lipinski definition) is 3. The van der Waals surface area contributed by atoms with Gasteiger partial charge in [0.05, 0.1) is 6.26 Å². The fourth-order valence-corrected chi connectivity index (χ4v) is 0.910. The van der Waals surface area contributed by atoms with Gasteiger partial charge in [-0.05, 0) is 5.92 Å². The molecule has 0 fully saturated rings. The zero-order valence-corrected chi connectivity index (χ0v) is 8.23. The maximum absolute atomic E-state index is 10.8. The molecule has 0 spiro atoms. The van der Waals surface area contributed by atoms with Crippen LogP contribution in [0.3, 0.4) is 0 Å². The molecule has 0 heterocycles. The summed E-state index contributed by atoms with van der Waals surface area (Å²) >= 11 is 0. The molecule has 5 nitrogen and oxygen atoms in total. The van der Waals surface area contributed by atoms with Crippen molar-refractivity contribution in [2.45, 2.75) is 13.8 Å². The Morgan fingerprint density at radius 2 is 1.92 bits per heavy atom. The van der Waals surface area contributed by atoms with Gasteiger partial charge < -0.3 is 5.32 Å². The molecule has 0 aromatic rings. The van der Waals surface area contributed by atoms with Crippen molar-refractivity contribution < 1.29 is 13.2 Å². The molecule has 0 radical (unpaired) electrons. The SMILES string of the molecule is CC(C)CNC(=O)NS(C)(=O)=O. The Morgan fingerprint density at radius 3 is 2.25 bits per heavy atom. The predicted molar refractivity (Wildman–Crippen MR) is 46.2 cm³/mol. The van der Waals surface area contributed by atoms with Crippen molar-refractivity contribution >= 4 is 16.1 Å². The first kappa shape index (κ1) is 11.2. The van der Waals surface area contributed by atoms with Gasteiger partial charge in [-0.3, -0.25) is 0 Å². The van der Waals surface area contributed by atoms with Crippen molar-refractivity contribution in [3.05, 3.63) is 0 Å². The number of urea groups is 1. The van der Waals surface area contributed by atoms with Crippen molar-refractivity contribution in [1.82, 2.24) is 10.0 Å². The van der Waals surface area contributed by atoms with Gasteiger partial charge >= 0.3 is 6.03 Å². The van der Waals surface area contributed by atoms with Gasteiger partial charge in [-0.2, -0.15) is 0 Å². The van der Waals surface area contributed by atoms with Crippen LogP contribution in [0.5, 0.6) is 0 Å². The normalized spacial score (nSPS) is 11.3. The Morgan fingerprint density at radius 1 is 1.42 bits per heavy atom. The number of carbonyl (C=O) groups excluding carboxylic acids is 1. The highest BCUT2D eigenvalue weighted by atomic mass is 32.2. The minimum atomic E-state index is -3.43. The summed E-state index contributed by atoms with van der Waals surface area (Å²) in [6.45, 7) is 4.29. The molecule has 6 heteroatoms. The third-order valence-electron chi connectivity index (χ3n) is 0.949. The van der Waals surface area contributed by atoms with Gasteiger partial charge in [-0.25, -0.2) is 17.9 Å². The predicted octanol–water partition coefficient (Wildman–Crippen LogP) is -0.0988. The molecule has 12 heavy (non-hydrogen) atoms. The van der Waals surface area contributed by atoms with Crippen LogP contribution >= 0.6 is 0 Å². The highest BCUT2D eigenvalue weighted by Gasteiger charge is 2.06. The van der Waals surface area contributed by atoms with Gasteiger partial charge in [0.25, 0.3) is 0 Å². The molecule has 0 rings (SSSR count). The molecule has 0 aliphatic heterocycles. The third-order valence-corrected chi connectivity index (χ3v) is 1.51. The summed E-state index contributed by atoms with van der Waals surface area (Å²) in [4.78, 5) is 10.8. The number of amides is 2. The van der Waals surface area contributed by atoms with Crippen LogP contribution in [0.1, 0.15) is 13.8 Å². The van der Waals surface area contributed by atoms with E-state index in [0.29, 0.717) is 12.5 Å². The average molecular weight is 194 g/mol. The zero-order chi connectivity index (χ0) is 9.78. The Labute approximate surface area is 72.6 Å². The maximum atomic E-state index is 10.8. The van der Waals surface area contributed by atoms with Crippen LogP contribution in [0, 0.1) is 5.92 Å². The van der Waals surface area contributed by atoms with E-state index in [-0.39, 0.29) is 0 Å². The number of rotatable bonds is 3. The van der Waals surface area contributed by atoms with E-state index in [2.05, 4.69) is 5.32 Å². The monoisotopic (exact) mass is 194 g/mol. The second-order valence-corrected chi connectivity index (χ2v) is 4.73. The van der Waals surface area contributed by atoms with E-state index in [1.807, 2.05) is 13.8 Å². The van der Waals surface area contributed by atoms with Gasteiger partial charge in [-0.15, -0.1) is 0 Å². The lowest BCUT2D eigenvalue weighted by atomic mass is 10.2. The molecular weight excluding hydrogens is 180 g/mol. The second kappa shape index (κ2) is 4.30. The Hall–Kier alpha value is -0.780. The van der Waals surface area contributed by atoms with Crippen LogP contribution in [0.25, 0.3) is 0 Å². The molecule has 0 atom stereocenters. The molecule has 2 amide bonds. The van der Waals surface area contributed by atoms with Crippen molar-refractivity contribution in [3.8, 4) is 0 Å². The average Bonchev–Trinajstić information content (AvgIpc) is 1.79. The third kappa shape index (κ3) is 7.33. The summed E-state index contributed by atoms with van der Waals surface area (Å²) in [5.41, 5.74) is 0. The molecule has 0 aliphatic carbocycles. The minimum absolute atomic E-state index is 0.301. The first-order valence-corrected chi connectivity index (χ1v) is 5.46. The van der Waals surface area contributed by atoms with Crippen LogP contribution in [0.2, 0.25) is 0 Å². The van der Waals surface area contributed by atoms with Crippen molar-refractivity contribution in [2.24, 2.45) is 5.92 Å². The second-order valence-electron chi connectivity index (χ2n) is 2.98.